The van der Waals surface area contributed by atoms with Gasteiger partial charge in [0.1, 0.15) is 0 Å². The van der Waals surface area contributed by atoms with Gasteiger partial charge in [-0.05, 0) is 0 Å². The fourth-order valence-electron chi connectivity index (χ4n) is 2.70. The van der Waals surface area contributed by atoms with Gasteiger partial charge in [-0.1, -0.05) is 0 Å². The summed E-state index contributed by atoms with van der Waals surface area (Å²) in [6.45, 7) is 0.311. The molecule has 0 atom stereocenters. The summed E-state index contributed by atoms with van der Waals surface area (Å²) in [6.07, 6.45) is -0.766. The Morgan fingerprint density at radius 2 is 1.11 bits per heavy atom. The molecule has 6 fully saturated rings. The minimum absolute atomic E-state index is 0.0383. The van der Waals surface area contributed by atoms with Crippen molar-refractivity contribution >= 4 is 6.25 Å². The molecule has 0 radical (unpaired) electrons. The average molecular weight is 411 g/mol. The Morgan fingerprint density at radius 1 is 0.789 bits per heavy atom. The van der Waals surface area contributed by atoms with Gasteiger partial charge in [0.2, 0.25) is 0 Å². The number of aliphatic hydroxyl groups excluding tert-OH is 1. The normalized spacial score (nSPS) is 46.3. The van der Waals surface area contributed by atoms with Gasteiger partial charge in [0.15, 0.2) is 0 Å². The van der Waals surface area contributed by atoms with Crippen molar-refractivity contribution in [2.45, 2.75) is 6.10 Å². The summed E-state index contributed by atoms with van der Waals surface area (Å²) < 4.78 is -1.75. The first-order valence-electron chi connectivity index (χ1n) is 5.91. The molecular weight excluding hydrogens is 397 g/mol. The third kappa shape index (κ3) is 1.97. The molecular formula is C11H14GdN2O5. The molecule has 0 aromatic heterocycles. The number of hydrogen-bond donors (Lipinski definition) is 1. The number of carbonyl (C=O) groups excluding carboxylic acids is 4. The molecule has 7 nitrogen and oxygen atoms in total. The van der Waals surface area contributed by atoms with Crippen LogP contribution in [0, 0.1) is 31.8 Å². The first kappa shape index (κ1) is 13.8. The molecule has 0 saturated carbocycles. The Kier molecular flexibility index (Phi) is 3.44. The van der Waals surface area contributed by atoms with E-state index in [9.17, 15) is 24.3 Å². The van der Waals surface area contributed by atoms with Crippen molar-refractivity contribution in [1.82, 2.24) is 9.80 Å². The summed E-state index contributed by atoms with van der Waals surface area (Å²) in [7, 11) is 0. The van der Waals surface area contributed by atoms with Gasteiger partial charge in [0, 0.05) is 0 Å². The van der Waals surface area contributed by atoms with E-state index in [2.05, 4.69) is 0 Å². The summed E-state index contributed by atoms with van der Waals surface area (Å²) in [6, 6.07) is 0. The molecule has 0 unspecified atom stereocenters. The molecule has 6 rings (SSSR count). The fraction of sp³-hybridized carbons (Fsp3) is 0.636. The van der Waals surface area contributed by atoms with Crippen molar-refractivity contribution in [3.05, 3.63) is 0 Å². The summed E-state index contributed by atoms with van der Waals surface area (Å²) in [5.74, 6) is 0. The van der Waals surface area contributed by atoms with E-state index < -0.39 is 44.2 Å². The zero-order valence-corrected chi connectivity index (χ0v) is 12.4. The number of hydrogen-bond acceptors (Lipinski definition) is 7. The number of nitrogens with zero attached hydrogens (tertiary/aromatic N) is 2. The Balaban J connectivity index is 2.12. The standard InChI is InChI=1S/C11H14N2O5.Gd/c14-5-1-12(2-6-15)9-11(18)10-13(3-7-16)4-8-17;/h11,18H,1-4,9-10H2;. The summed E-state index contributed by atoms with van der Waals surface area (Å²) in [5, 5.41) is 9.90. The predicted molar refractivity (Wildman–Crippen MR) is 58.9 cm³/mol. The monoisotopic (exact) mass is 412 g/mol. The van der Waals surface area contributed by atoms with Crippen molar-refractivity contribution in [2.75, 3.05) is 39.3 Å². The van der Waals surface area contributed by atoms with Gasteiger partial charge in [0.25, 0.3) is 0 Å². The zero-order chi connectivity index (χ0) is 13.8. The van der Waals surface area contributed by atoms with Gasteiger partial charge in [-0.25, -0.2) is 0 Å². The maximum absolute atomic E-state index is 12.3. The van der Waals surface area contributed by atoms with E-state index in [1.54, 1.807) is 9.80 Å². The molecule has 6 aliphatic heterocycles. The molecule has 8 heteroatoms. The molecule has 0 aromatic rings. The predicted octanol–water partition coefficient (Wildman–Crippen LogP) is -2.75. The van der Waals surface area contributed by atoms with Gasteiger partial charge >= 0.3 is 118 Å². The van der Waals surface area contributed by atoms with Gasteiger partial charge in [-0.2, -0.15) is 0 Å². The molecule has 1 spiro atoms. The van der Waals surface area contributed by atoms with Gasteiger partial charge in [0.05, 0.1) is 0 Å². The molecule has 0 amide bonds. The van der Waals surface area contributed by atoms with Crippen LogP contribution >= 0.6 is 0 Å². The molecule has 0 aromatic carbocycles. The molecule has 6 aliphatic rings. The van der Waals surface area contributed by atoms with Crippen LogP contribution in [-0.4, -0.2) is 66.5 Å². The van der Waals surface area contributed by atoms with Crippen LogP contribution in [0.3, 0.4) is 0 Å². The summed E-state index contributed by atoms with van der Waals surface area (Å²) in [5.41, 5.74) is 0. The van der Waals surface area contributed by atoms with Crippen molar-refractivity contribution in [2.24, 2.45) is 0 Å². The van der Waals surface area contributed by atoms with Crippen LogP contribution in [0.5, 0.6) is 0 Å². The number of aliphatic hydroxyl groups is 1. The van der Waals surface area contributed by atoms with Crippen LogP contribution < -0.4 is 0 Å². The second kappa shape index (κ2) is 4.71. The van der Waals surface area contributed by atoms with Crippen LogP contribution in [0.2, 0.25) is 0 Å². The second-order valence-corrected chi connectivity index (χ2v) is 13.4. The van der Waals surface area contributed by atoms with Crippen LogP contribution in [-0.2, 0) is 19.2 Å². The van der Waals surface area contributed by atoms with Crippen molar-refractivity contribution in [1.29, 1.82) is 0 Å². The van der Waals surface area contributed by atoms with Crippen molar-refractivity contribution in [3.63, 3.8) is 0 Å². The third-order valence-electron chi connectivity index (χ3n) is 3.50. The Bertz CT molecular complexity index is 422. The molecule has 3 bridgehead atoms. The molecule has 1 N–H and O–H groups in total. The second-order valence-electron chi connectivity index (χ2n) is 4.89. The first-order valence-corrected chi connectivity index (χ1v) is 10.4. The minimum atomic E-state index is -4.49. The van der Waals surface area contributed by atoms with Crippen LogP contribution in [0.1, 0.15) is 0 Å². The zero-order valence-electron chi connectivity index (χ0n) is 10.1. The van der Waals surface area contributed by atoms with Crippen molar-refractivity contribution < 1.29 is 56.1 Å². The quantitative estimate of drug-likeness (QED) is 0.462. The Hall–Kier alpha value is -0.115. The van der Waals surface area contributed by atoms with E-state index in [-0.39, 0.29) is 39.3 Å². The molecule has 106 valence electrons. The van der Waals surface area contributed by atoms with E-state index in [1.165, 1.54) is 0 Å². The van der Waals surface area contributed by atoms with E-state index >= 15 is 0 Å². The maximum atomic E-state index is 12.3. The van der Waals surface area contributed by atoms with Gasteiger partial charge in [-0.15, -0.1) is 0 Å². The van der Waals surface area contributed by atoms with Crippen LogP contribution in [0.15, 0.2) is 0 Å². The summed E-state index contributed by atoms with van der Waals surface area (Å²) in [4.78, 5) is 52.3. The number of carbonyl (C=O) groups is 4. The van der Waals surface area contributed by atoms with Gasteiger partial charge in [-0.3, -0.25) is 0 Å². The SMILES string of the molecule is O=[C]1CN2C[C](=O)[Gd]13[C](=O)CN(C[C]3=O)CC(O)C2. The molecule has 19 heavy (non-hydrogen) atoms. The molecule has 0 aliphatic carbocycles. The first-order chi connectivity index (χ1) is 8.94. The topological polar surface area (TPSA) is 95.0 Å². The average Bonchev–Trinajstić information content (AvgIpc) is 2.25. The Morgan fingerprint density at radius 3 is 1.42 bits per heavy atom. The van der Waals surface area contributed by atoms with Crippen LogP contribution in [0.25, 0.3) is 0 Å². The van der Waals surface area contributed by atoms with Gasteiger partial charge < -0.3 is 0 Å². The molecule has 6 heterocycles. The third-order valence-corrected chi connectivity index (χ3v) is 12.5. The van der Waals surface area contributed by atoms with E-state index in [0.717, 1.165) is 0 Å². The molecule has 6 saturated heterocycles. The van der Waals surface area contributed by atoms with E-state index in [1.807, 2.05) is 0 Å². The van der Waals surface area contributed by atoms with E-state index in [4.69, 9.17) is 0 Å². The van der Waals surface area contributed by atoms with E-state index in [0.29, 0.717) is 0 Å². The van der Waals surface area contributed by atoms with Crippen LogP contribution in [0.4, 0.5) is 0 Å². The number of rotatable bonds is 0. The van der Waals surface area contributed by atoms with Crippen molar-refractivity contribution in [3.8, 4) is 0 Å². The Labute approximate surface area is 117 Å². The summed E-state index contributed by atoms with van der Waals surface area (Å²) >= 11 is -4.49. The fourth-order valence-corrected chi connectivity index (χ4v) is 11.1.